The lowest BCUT2D eigenvalue weighted by atomic mass is 10.0. The van der Waals surface area contributed by atoms with Gasteiger partial charge in [-0.1, -0.05) is 37.3 Å². The monoisotopic (exact) mass is 339 g/mol. The number of aromatic nitrogens is 2. The summed E-state index contributed by atoms with van der Waals surface area (Å²) in [6.45, 7) is 6.71. The van der Waals surface area contributed by atoms with Gasteiger partial charge in [0, 0.05) is 45.1 Å². The van der Waals surface area contributed by atoms with Crippen LogP contribution in [0.2, 0.25) is 0 Å². The van der Waals surface area contributed by atoms with Crippen LogP contribution in [0.3, 0.4) is 0 Å². The molecule has 0 bridgehead atoms. The minimum Gasteiger partial charge on any atom is -0.354 e. The second-order valence-electron chi connectivity index (χ2n) is 6.44. The van der Waals surface area contributed by atoms with Gasteiger partial charge < -0.3 is 10.2 Å². The predicted molar refractivity (Wildman–Crippen MR) is 98.6 cm³/mol. The van der Waals surface area contributed by atoms with Gasteiger partial charge in [0.15, 0.2) is 0 Å². The zero-order chi connectivity index (χ0) is 17.5. The number of rotatable bonds is 6. The predicted octanol–water partition coefficient (Wildman–Crippen LogP) is 1.52. The van der Waals surface area contributed by atoms with E-state index in [-0.39, 0.29) is 5.91 Å². The van der Waals surface area contributed by atoms with Crippen LogP contribution >= 0.6 is 0 Å². The summed E-state index contributed by atoms with van der Waals surface area (Å²) >= 11 is 0. The van der Waals surface area contributed by atoms with Gasteiger partial charge in [-0.05, 0) is 11.5 Å². The normalized spacial score (nSPS) is 16.4. The number of benzene rings is 1. The molecule has 1 unspecified atom stereocenters. The van der Waals surface area contributed by atoms with Crippen molar-refractivity contribution in [2.75, 3.05) is 44.2 Å². The zero-order valence-corrected chi connectivity index (χ0v) is 14.6. The maximum Gasteiger partial charge on any atom is 0.234 e. The standard InChI is InChI=1S/C19H25N5O/c1-16(17-5-3-2-4-6-17)13-22-19(25)15-23-9-11-24(12-10-23)18-14-20-7-8-21-18/h2-8,14,16H,9-13,15H2,1H3,(H,22,25). The van der Waals surface area contributed by atoms with Crippen molar-refractivity contribution >= 4 is 11.7 Å². The molecule has 6 nitrogen and oxygen atoms in total. The second kappa shape index (κ2) is 8.58. The Morgan fingerprint density at radius 2 is 1.92 bits per heavy atom. The van der Waals surface area contributed by atoms with Gasteiger partial charge in [0.25, 0.3) is 0 Å². The number of hydrogen-bond donors (Lipinski definition) is 1. The highest BCUT2D eigenvalue weighted by Gasteiger charge is 2.20. The Kier molecular flexibility index (Phi) is 5.95. The van der Waals surface area contributed by atoms with E-state index in [1.807, 2.05) is 18.2 Å². The first-order chi connectivity index (χ1) is 12.2. The number of carbonyl (C=O) groups excluding carboxylic acids is 1. The first-order valence-electron chi connectivity index (χ1n) is 8.77. The summed E-state index contributed by atoms with van der Waals surface area (Å²) < 4.78 is 0. The molecule has 1 N–H and O–H groups in total. The van der Waals surface area contributed by atoms with E-state index < -0.39 is 0 Å². The highest BCUT2D eigenvalue weighted by Crippen LogP contribution is 2.13. The van der Waals surface area contributed by atoms with Crippen LogP contribution in [0.4, 0.5) is 5.82 Å². The van der Waals surface area contributed by atoms with E-state index in [1.165, 1.54) is 5.56 Å². The third-order valence-corrected chi connectivity index (χ3v) is 4.59. The van der Waals surface area contributed by atoms with Crippen molar-refractivity contribution in [1.82, 2.24) is 20.2 Å². The van der Waals surface area contributed by atoms with Gasteiger partial charge in [-0.3, -0.25) is 14.7 Å². The highest BCUT2D eigenvalue weighted by atomic mass is 16.2. The lowest BCUT2D eigenvalue weighted by Crippen LogP contribution is -2.50. The van der Waals surface area contributed by atoms with Crippen LogP contribution in [-0.2, 0) is 4.79 Å². The molecular weight excluding hydrogens is 314 g/mol. The van der Waals surface area contributed by atoms with E-state index >= 15 is 0 Å². The Labute approximate surface area is 148 Å². The molecule has 1 atom stereocenters. The van der Waals surface area contributed by atoms with E-state index in [2.05, 4.69) is 44.1 Å². The summed E-state index contributed by atoms with van der Waals surface area (Å²) in [5, 5.41) is 3.05. The number of nitrogens with zero attached hydrogens (tertiary/aromatic N) is 4. The topological polar surface area (TPSA) is 61.4 Å². The fraction of sp³-hybridized carbons (Fsp3) is 0.421. The Balaban J connectivity index is 1.39. The van der Waals surface area contributed by atoms with Crippen LogP contribution in [0.1, 0.15) is 18.4 Å². The lowest BCUT2D eigenvalue weighted by molar-refractivity contribution is -0.122. The maximum absolute atomic E-state index is 12.2. The third kappa shape index (κ3) is 5.00. The van der Waals surface area contributed by atoms with Crippen molar-refractivity contribution in [3.63, 3.8) is 0 Å². The van der Waals surface area contributed by atoms with Crippen LogP contribution < -0.4 is 10.2 Å². The molecule has 0 radical (unpaired) electrons. The largest absolute Gasteiger partial charge is 0.354 e. The minimum absolute atomic E-state index is 0.0933. The molecule has 132 valence electrons. The molecule has 0 saturated carbocycles. The third-order valence-electron chi connectivity index (χ3n) is 4.59. The molecule has 1 aromatic carbocycles. The summed E-state index contributed by atoms with van der Waals surface area (Å²) in [5.74, 6) is 1.32. The molecule has 2 aromatic rings. The number of nitrogens with one attached hydrogen (secondary N) is 1. The Hall–Kier alpha value is -2.47. The molecule has 6 heteroatoms. The molecule has 1 saturated heterocycles. The van der Waals surface area contributed by atoms with Crippen LogP contribution in [0, 0.1) is 0 Å². The van der Waals surface area contributed by atoms with E-state index in [0.717, 1.165) is 32.0 Å². The quantitative estimate of drug-likeness (QED) is 0.865. The van der Waals surface area contributed by atoms with E-state index in [1.54, 1.807) is 18.6 Å². The molecule has 3 rings (SSSR count). The Bertz CT molecular complexity index is 656. The first-order valence-corrected chi connectivity index (χ1v) is 8.77. The number of hydrogen-bond acceptors (Lipinski definition) is 5. The van der Waals surface area contributed by atoms with Crippen LogP contribution in [0.15, 0.2) is 48.9 Å². The van der Waals surface area contributed by atoms with E-state index in [0.29, 0.717) is 19.0 Å². The first kappa shape index (κ1) is 17.4. The fourth-order valence-electron chi connectivity index (χ4n) is 3.01. The summed E-state index contributed by atoms with van der Waals surface area (Å²) in [7, 11) is 0. The summed E-state index contributed by atoms with van der Waals surface area (Å²) in [6.07, 6.45) is 5.18. The maximum atomic E-state index is 12.2. The average Bonchev–Trinajstić information content (AvgIpc) is 2.68. The van der Waals surface area contributed by atoms with E-state index in [9.17, 15) is 4.79 Å². The molecule has 1 aromatic heterocycles. The van der Waals surface area contributed by atoms with Crippen molar-refractivity contribution in [1.29, 1.82) is 0 Å². The van der Waals surface area contributed by atoms with Gasteiger partial charge in [0.1, 0.15) is 5.82 Å². The number of amides is 1. The van der Waals surface area contributed by atoms with Crippen molar-refractivity contribution in [2.45, 2.75) is 12.8 Å². The summed E-state index contributed by atoms with van der Waals surface area (Å²) in [6, 6.07) is 10.3. The van der Waals surface area contributed by atoms with Crippen molar-refractivity contribution in [3.8, 4) is 0 Å². The summed E-state index contributed by atoms with van der Waals surface area (Å²) in [4.78, 5) is 25.0. The molecule has 1 fully saturated rings. The van der Waals surface area contributed by atoms with Gasteiger partial charge >= 0.3 is 0 Å². The van der Waals surface area contributed by atoms with Crippen LogP contribution in [0.5, 0.6) is 0 Å². The lowest BCUT2D eigenvalue weighted by Gasteiger charge is -2.34. The smallest absolute Gasteiger partial charge is 0.234 e. The number of carbonyl (C=O) groups is 1. The van der Waals surface area contributed by atoms with Crippen molar-refractivity contribution in [2.24, 2.45) is 0 Å². The molecule has 2 heterocycles. The van der Waals surface area contributed by atoms with Crippen molar-refractivity contribution < 1.29 is 4.79 Å². The van der Waals surface area contributed by atoms with E-state index in [4.69, 9.17) is 0 Å². The number of anilines is 1. The Morgan fingerprint density at radius 1 is 1.16 bits per heavy atom. The molecule has 1 aliphatic rings. The van der Waals surface area contributed by atoms with Gasteiger partial charge in [-0.2, -0.15) is 0 Å². The van der Waals surface area contributed by atoms with Gasteiger partial charge in [0.05, 0.1) is 12.7 Å². The average molecular weight is 339 g/mol. The molecule has 1 amide bonds. The Morgan fingerprint density at radius 3 is 2.60 bits per heavy atom. The molecule has 0 spiro atoms. The molecular formula is C19H25N5O. The highest BCUT2D eigenvalue weighted by molar-refractivity contribution is 5.78. The molecule has 0 aliphatic carbocycles. The SMILES string of the molecule is CC(CNC(=O)CN1CCN(c2cnccn2)CC1)c1ccccc1. The van der Waals surface area contributed by atoms with Gasteiger partial charge in [-0.15, -0.1) is 0 Å². The summed E-state index contributed by atoms with van der Waals surface area (Å²) in [5.41, 5.74) is 1.25. The van der Waals surface area contributed by atoms with Crippen LogP contribution in [-0.4, -0.2) is 60.0 Å². The molecule has 25 heavy (non-hydrogen) atoms. The fourth-order valence-corrected chi connectivity index (χ4v) is 3.01. The van der Waals surface area contributed by atoms with Gasteiger partial charge in [0.2, 0.25) is 5.91 Å². The van der Waals surface area contributed by atoms with Gasteiger partial charge in [-0.25, -0.2) is 4.98 Å². The minimum atomic E-state index is 0.0933. The second-order valence-corrected chi connectivity index (χ2v) is 6.44. The van der Waals surface area contributed by atoms with Crippen LogP contribution in [0.25, 0.3) is 0 Å². The zero-order valence-electron chi connectivity index (χ0n) is 14.6. The van der Waals surface area contributed by atoms with Crippen molar-refractivity contribution in [3.05, 3.63) is 54.5 Å². The molecule has 1 aliphatic heterocycles. The number of piperazine rings is 1.